The lowest BCUT2D eigenvalue weighted by molar-refractivity contribution is 0.475. The summed E-state index contributed by atoms with van der Waals surface area (Å²) in [6.45, 7) is 0. The second-order valence-electron chi connectivity index (χ2n) is 2.32. The first-order valence-electron chi connectivity index (χ1n) is 3.37. The Bertz CT molecular complexity index is 250. The van der Waals surface area contributed by atoms with Gasteiger partial charge in [-0.25, -0.2) is 0 Å². The average Bonchev–Trinajstić information content (AvgIpc) is 1.95. The maximum Gasteiger partial charge on any atom is 0.117 e. The molecule has 0 saturated heterocycles. The van der Waals surface area contributed by atoms with Crippen LogP contribution in [0, 0.1) is 0 Å². The van der Waals surface area contributed by atoms with Crippen LogP contribution in [0.25, 0.3) is 0 Å². The quantitative estimate of drug-likeness (QED) is 0.526. The highest BCUT2D eigenvalue weighted by molar-refractivity contribution is 6.18. The molecular weight excluding hydrogens is 162 g/mol. The van der Waals surface area contributed by atoms with E-state index in [0.29, 0.717) is 11.6 Å². The van der Waals surface area contributed by atoms with Gasteiger partial charge in [0.1, 0.15) is 5.75 Å². The van der Waals surface area contributed by atoms with Crippen LogP contribution in [0.1, 0.15) is 5.56 Å². The lowest BCUT2D eigenvalue weighted by Crippen LogP contribution is -1.94. The van der Waals surface area contributed by atoms with E-state index in [4.69, 9.17) is 22.4 Å². The van der Waals surface area contributed by atoms with Crippen LogP contribution in [0.4, 0.5) is 5.69 Å². The van der Waals surface area contributed by atoms with Crippen molar-refractivity contribution >= 4 is 17.3 Å². The van der Waals surface area contributed by atoms with Crippen molar-refractivity contribution in [3.8, 4) is 5.75 Å². The van der Waals surface area contributed by atoms with E-state index in [1.165, 1.54) is 6.07 Å². The SMILES string of the molecule is Nc1cc(O)ccc1CCCl. The summed E-state index contributed by atoms with van der Waals surface area (Å²) >= 11 is 5.53. The molecule has 0 aromatic heterocycles. The number of hydrogen-bond donors (Lipinski definition) is 2. The van der Waals surface area contributed by atoms with Crippen LogP contribution in [-0.4, -0.2) is 11.0 Å². The fourth-order valence-electron chi connectivity index (χ4n) is 0.912. The van der Waals surface area contributed by atoms with Crippen molar-refractivity contribution in [2.75, 3.05) is 11.6 Å². The molecule has 0 spiro atoms. The van der Waals surface area contributed by atoms with Gasteiger partial charge in [0.2, 0.25) is 0 Å². The van der Waals surface area contributed by atoms with Gasteiger partial charge in [-0.15, -0.1) is 11.6 Å². The third-order valence-corrected chi connectivity index (χ3v) is 1.68. The topological polar surface area (TPSA) is 46.2 Å². The number of halogens is 1. The lowest BCUT2D eigenvalue weighted by atomic mass is 10.1. The van der Waals surface area contributed by atoms with Crippen LogP contribution in [0.15, 0.2) is 18.2 Å². The first kappa shape index (κ1) is 8.21. The number of aryl methyl sites for hydroxylation is 1. The minimum absolute atomic E-state index is 0.195. The van der Waals surface area contributed by atoms with Crippen LogP contribution in [0.3, 0.4) is 0 Å². The van der Waals surface area contributed by atoms with E-state index in [1.807, 2.05) is 0 Å². The van der Waals surface area contributed by atoms with Crippen molar-refractivity contribution in [3.63, 3.8) is 0 Å². The standard InChI is InChI=1S/C8H10ClNO/c9-4-3-6-1-2-7(11)5-8(6)10/h1-2,5,11H,3-4,10H2. The smallest absolute Gasteiger partial charge is 0.117 e. The van der Waals surface area contributed by atoms with Crippen LogP contribution < -0.4 is 5.73 Å². The van der Waals surface area contributed by atoms with Crippen LogP contribution in [-0.2, 0) is 6.42 Å². The van der Waals surface area contributed by atoms with Crippen molar-refractivity contribution in [1.29, 1.82) is 0 Å². The van der Waals surface area contributed by atoms with Gasteiger partial charge in [-0.05, 0) is 18.1 Å². The van der Waals surface area contributed by atoms with E-state index in [0.717, 1.165) is 12.0 Å². The molecule has 0 atom stereocenters. The third-order valence-electron chi connectivity index (χ3n) is 1.49. The molecule has 0 fully saturated rings. The molecule has 0 aliphatic rings. The summed E-state index contributed by atoms with van der Waals surface area (Å²) in [6, 6.07) is 4.92. The molecule has 1 aromatic carbocycles. The molecule has 0 aliphatic carbocycles. The Labute approximate surface area is 70.6 Å². The van der Waals surface area contributed by atoms with Crippen molar-refractivity contribution < 1.29 is 5.11 Å². The molecule has 0 amide bonds. The molecule has 60 valence electrons. The molecule has 11 heavy (non-hydrogen) atoms. The Morgan fingerprint density at radius 2 is 2.18 bits per heavy atom. The molecular formula is C8H10ClNO. The largest absolute Gasteiger partial charge is 0.508 e. The summed E-state index contributed by atoms with van der Waals surface area (Å²) < 4.78 is 0. The highest BCUT2D eigenvalue weighted by atomic mass is 35.5. The number of nitrogens with two attached hydrogens (primary N) is 1. The predicted molar refractivity (Wildman–Crippen MR) is 46.9 cm³/mol. The first-order valence-corrected chi connectivity index (χ1v) is 3.91. The van der Waals surface area contributed by atoms with Gasteiger partial charge in [-0.3, -0.25) is 0 Å². The van der Waals surface area contributed by atoms with Gasteiger partial charge in [0.05, 0.1) is 0 Å². The summed E-state index contributed by atoms with van der Waals surface area (Å²) in [7, 11) is 0. The van der Waals surface area contributed by atoms with Crippen molar-refractivity contribution in [3.05, 3.63) is 23.8 Å². The Morgan fingerprint density at radius 1 is 1.45 bits per heavy atom. The van der Waals surface area contributed by atoms with E-state index in [2.05, 4.69) is 0 Å². The fraction of sp³-hybridized carbons (Fsp3) is 0.250. The number of benzene rings is 1. The molecule has 3 N–H and O–H groups in total. The average molecular weight is 172 g/mol. The Kier molecular flexibility index (Phi) is 2.60. The Balaban J connectivity index is 2.90. The number of rotatable bonds is 2. The van der Waals surface area contributed by atoms with Crippen LogP contribution in [0.5, 0.6) is 5.75 Å². The van der Waals surface area contributed by atoms with E-state index in [-0.39, 0.29) is 5.75 Å². The van der Waals surface area contributed by atoms with Gasteiger partial charge >= 0.3 is 0 Å². The minimum Gasteiger partial charge on any atom is -0.508 e. The van der Waals surface area contributed by atoms with Crippen molar-refractivity contribution in [2.45, 2.75) is 6.42 Å². The summed E-state index contributed by atoms with van der Waals surface area (Å²) in [5, 5.41) is 8.99. The van der Waals surface area contributed by atoms with E-state index >= 15 is 0 Å². The molecule has 2 nitrogen and oxygen atoms in total. The minimum atomic E-state index is 0.195. The van der Waals surface area contributed by atoms with Gasteiger partial charge in [-0.1, -0.05) is 6.07 Å². The van der Waals surface area contributed by atoms with E-state index in [1.54, 1.807) is 12.1 Å². The molecule has 0 radical (unpaired) electrons. The molecule has 0 saturated carbocycles. The zero-order valence-electron chi connectivity index (χ0n) is 6.05. The Hall–Kier alpha value is -0.890. The molecule has 0 aliphatic heterocycles. The first-order chi connectivity index (χ1) is 5.24. The second kappa shape index (κ2) is 3.49. The summed E-state index contributed by atoms with van der Waals surface area (Å²) in [5.74, 6) is 0.746. The number of aromatic hydroxyl groups is 1. The van der Waals surface area contributed by atoms with E-state index < -0.39 is 0 Å². The zero-order valence-corrected chi connectivity index (χ0v) is 6.80. The highest BCUT2D eigenvalue weighted by Crippen LogP contribution is 2.18. The van der Waals surface area contributed by atoms with E-state index in [9.17, 15) is 0 Å². The van der Waals surface area contributed by atoms with Crippen molar-refractivity contribution in [1.82, 2.24) is 0 Å². The van der Waals surface area contributed by atoms with Crippen LogP contribution in [0.2, 0.25) is 0 Å². The highest BCUT2D eigenvalue weighted by Gasteiger charge is 1.98. The molecule has 0 bridgehead atoms. The monoisotopic (exact) mass is 171 g/mol. The molecule has 1 aromatic rings. The second-order valence-corrected chi connectivity index (χ2v) is 2.70. The van der Waals surface area contributed by atoms with Gasteiger partial charge in [-0.2, -0.15) is 0 Å². The zero-order chi connectivity index (χ0) is 8.27. The van der Waals surface area contributed by atoms with Crippen LogP contribution >= 0.6 is 11.6 Å². The number of anilines is 1. The number of phenols is 1. The molecule has 0 heterocycles. The maximum absolute atomic E-state index is 8.99. The van der Waals surface area contributed by atoms with Gasteiger partial charge in [0.15, 0.2) is 0 Å². The number of alkyl halides is 1. The fourth-order valence-corrected chi connectivity index (χ4v) is 1.12. The van der Waals surface area contributed by atoms with Gasteiger partial charge in [0.25, 0.3) is 0 Å². The predicted octanol–water partition coefficient (Wildman–Crippen LogP) is 1.76. The van der Waals surface area contributed by atoms with Gasteiger partial charge < -0.3 is 10.8 Å². The maximum atomic E-state index is 8.99. The molecule has 1 rings (SSSR count). The number of hydrogen-bond acceptors (Lipinski definition) is 2. The molecule has 3 heteroatoms. The van der Waals surface area contributed by atoms with Crippen molar-refractivity contribution in [2.24, 2.45) is 0 Å². The molecule has 0 unspecified atom stereocenters. The summed E-state index contributed by atoms with van der Waals surface area (Å²) in [6.07, 6.45) is 0.744. The Morgan fingerprint density at radius 3 is 2.73 bits per heavy atom. The summed E-state index contributed by atoms with van der Waals surface area (Å²) in [4.78, 5) is 0. The lowest BCUT2D eigenvalue weighted by Gasteiger charge is -2.02. The number of phenolic OH excluding ortho intramolecular Hbond substituents is 1. The third kappa shape index (κ3) is 2.02. The number of nitrogen functional groups attached to an aromatic ring is 1. The normalized spacial score (nSPS) is 9.91. The van der Waals surface area contributed by atoms with Gasteiger partial charge in [0, 0.05) is 17.6 Å². The summed E-state index contributed by atoms with van der Waals surface area (Å²) in [5.41, 5.74) is 7.18.